The first kappa shape index (κ1) is 11.9. The molecule has 0 aromatic heterocycles. The lowest BCUT2D eigenvalue weighted by Crippen LogP contribution is -2.44. The van der Waals surface area contributed by atoms with Crippen LogP contribution in [0.5, 0.6) is 0 Å². The summed E-state index contributed by atoms with van der Waals surface area (Å²) in [6.07, 6.45) is 2.63. The zero-order chi connectivity index (χ0) is 11.5. The molecule has 4 nitrogen and oxygen atoms in total. The molecule has 16 heavy (non-hydrogen) atoms. The summed E-state index contributed by atoms with van der Waals surface area (Å²) in [6, 6.07) is 0.395. The number of rotatable bonds is 2. The predicted molar refractivity (Wildman–Crippen MR) is 64.3 cm³/mol. The Morgan fingerprint density at radius 1 is 1.44 bits per heavy atom. The molecule has 1 N–H and O–H groups in total. The van der Waals surface area contributed by atoms with Crippen LogP contribution in [0.2, 0.25) is 0 Å². The molecule has 0 aliphatic carbocycles. The number of hydrogen-bond donors (Lipinski definition) is 1. The Hall–Kier alpha value is -0.550. The molecule has 0 radical (unpaired) electrons. The molecule has 5 heteroatoms. The van der Waals surface area contributed by atoms with Crippen LogP contribution < -0.4 is 5.32 Å². The maximum Gasteiger partial charge on any atom is 0.224 e. The van der Waals surface area contributed by atoms with Gasteiger partial charge in [0.05, 0.1) is 0 Å². The second-order valence-corrected chi connectivity index (χ2v) is 5.94. The Balaban J connectivity index is 1.90. The van der Waals surface area contributed by atoms with E-state index >= 15 is 0 Å². The topological polar surface area (TPSA) is 49.4 Å². The first-order chi connectivity index (χ1) is 7.66. The highest BCUT2D eigenvalue weighted by atomic mass is 32.2. The Bertz CT molecular complexity index is 290. The van der Waals surface area contributed by atoms with Crippen LogP contribution in [0.3, 0.4) is 0 Å². The summed E-state index contributed by atoms with van der Waals surface area (Å²) in [5, 5.41) is 3.60. The lowest BCUT2D eigenvalue weighted by Gasteiger charge is -2.31. The van der Waals surface area contributed by atoms with E-state index in [2.05, 4.69) is 5.32 Å². The van der Waals surface area contributed by atoms with Gasteiger partial charge >= 0.3 is 0 Å². The highest BCUT2D eigenvalue weighted by molar-refractivity contribution is 8.14. The van der Waals surface area contributed by atoms with Crippen molar-refractivity contribution in [3.8, 4) is 0 Å². The molecule has 0 spiro atoms. The maximum absolute atomic E-state index is 11.8. The van der Waals surface area contributed by atoms with Crippen LogP contribution >= 0.6 is 11.8 Å². The first-order valence-electron chi connectivity index (χ1n) is 5.84. The van der Waals surface area contributed by atoms with Gasteiger partial charge in [0.2, 0.25) is 5.91 Å². The lowest BCUT2D eigenvalue weighted by atomic mass is 10.1. The number of piperidine rings is 1. The summed E-state index contributed by atoms with van der Waals surface area (Å²) >= 11 is 1.32. The number of carbonyl (C=O) groups excluding carboxylic acids is 2. The van der Waals surface area contributed by atoms with Crippen LogP contribution in [0.1, 0.15) is 26.2 Å². The third-order valence-electron chi connectivity index (χ3n) is 3.21. The number of nitrogens with zero attached hydrogens (tertiary/aromatic N) is 1. The highest BCUT2D eigenvalue weighted by Crippen LogP contribution is 2.27. The van der Waals surface area contributed by atoms with Gasteiger partial charge in [0.1, 0.15) is 0 Å². The van der Waals surface area contributed by atoms with Crippen LogP contribution in [0.4, 0.5) is 0 Å². The van der Waals surface area contributed by atoms with E-state index in [1.165, 1.54) is 11.8 Å². The Morgan fingerprint density at radius 3 is 2.75 bits per heavy atom. The minimum absolute atomic E-state index is 0.116. The van der Waals surface area contributed by atoms with Crippen molar-refractivity contribution in [3.63, 3.8) is 0 Å². The van der Waals surface area contributed by atoms with E-state index in [1.807, 2.05) is 4.90 Å². The fraction of sp³-hybridized carbons (Fsp3) is 0.818. The third-order valence-corrected chi connectivity index (χ3v) is 4.19. The SMILES string of the molecule is CC(=O)SC1CC(=O)N(C2CCNCC2)C1. The highest BCUT2D eigenvalue weighted by Gasteiger charge is 2.35. The smallest absolute Gasteiger partial charge is 0.224 e. The molecule has 2 saturated heterocycles. The zero-order valence-corrected chi connectivity index (χ0v) is 10.4. The summed E-state index contributed by atoms with van der Waals surface area (Å²) in [5.74, 6) is 0.227. The van der Waals surface area contributed by atoms with E-state index in [-0.39, 0.29) is 16.3 Å². The van der Waals surface area contributed by atoms with E-state index in [9.17, 15) is 9.59 Å². The predicted octanol–water partition coefficient (Wildman–Crippen LogP) is 0.619. The zero-order valence-electron chi connectivity index (χ0n) is 9.57. The molecule has 2 aliphatic heterocycles. The quantitative estimate of drug-likeness (QED) is 0.771. The lowest BCUT2D eigenvalue weighted by molar-refractivity contribution is -0.130. The summed E-state index contributed by atoms with van der Waals surface area (Å²) in [7, 11) is 0. The van der Waals surface area contributed by atoms with Gasteiger partial charge in [0.15, 0.2) is 5.12 Å². The summed E-state index contributed by atoms with van der Waals surface area (Å²) in [6.45, 7) is 4.33. The summed E-state index contributed by atoms with van der Waals surface area (Å²) in [4.78, 5) is 24.8. The number of nitrogens with one attached hydrogen (secondary N) is 1. The summed E-state index contributed by atoms with van der Waals surface area (Å²) in [5.41, 5.74) is 0. The van der Waals surface area contributed by atoms with Crippen molar-refractivity contribution in [1.29, 1.82) is 0 Å². The van der Waals surface area contributed by atoms with Crippen LogP contribution in [0.25, 0.3) is 0 Å². The van der Waals surface area contributed by atoms with Crippen LogP contribution in [0, 0.1) is 0 Å². The molecular weight excluding hydrogens is 224 g/mol. The van der Waals surface area contributed by atoms with E-state index < -0.39 is 0 Å². The standard InChI is InChI=1S/C11H18N2O2S/c1-8(14)16-10-6-11(15)13(7-10)9-2-4-12-5-3-9/h9-10,12H,2-7H2,1H3. The van der Waals surface area contributed by atoms with Gasteiger partial charge in [-0.2, -0.15) is 0 Å². The molecule has 0 aromatic carbocycles. The normalized spacial score (nSPS) is 27.4. The molecule has 0 bridgehead atoms. The van der Waals surface area contributed by atoms with Crippen LogP contribution in [0.15, 0.2) is 0 Å². The number of carbonyl (C=O) groups is 2. The molecule has 90 valence electrons. The number of amides is 1. The van der Waals surface area contributed by atoms with E-state index in [0.29, 0.717) is 12.5 Å². The van der Waals surface area contributed by atoms with Crippen LogP contribution in [-0.4, -0.2) is 46.8 Å². The molecular formula is C11H18N2O2S. The van der Waals surface area contributed by atoms with Crippen molar-refractivity contribution in [3.05, 3.63) is 0 Å². The summed E-state index contributed by atoms with van der Waals surface area (Å²) < 4.78 is 0. The Kier molecular flexibility index (Phi) is 3.86. The van der Waals surface area contributed by atoms with Gasteiger partial charge < -0.3 is 10.2 Å². The average molecular weight is 242 g/mol. The minimum Gasteiger partial charge on any atom is -0.338 e. The van der Waals surface area contributed by atoms with Crippen molar-refractivity contribution in [2.45, 2.75) is 37.5 Å². The molecule has 0 aromatic rings. The van der Waals surface area contributed by atoms with Gasteiger partial charge in [-0.1, -0.05) is 11.8 Å². The van der Waals surface area contributed by atoms with Gasteiger partial charge in [0.25, 0.3) is 0 Å². The first-order valence-corrected chi connectivity index (χ1v) is 6.72. The van der Waals surface area contributed by atoms with Gasteiger partial charge in [-0.3, -0.25) is 9.59 Å². The second-order valence-electron chi connectivity index (χ2n) is 4.46. The molecule has 1 amide bonds. The van der Waals surface area contributed by atoms with E-state index in [4.69, 9.17) is 0 Å². The second kappa shape index (κ2) is 5.19. The van der Waals surface area contributed by atoms with Gasteiger partial charge in [-0.15, -0.1) is 0 Å². The molecule has 2 heterocycles. The van der Waals surface area contributed by atoms with Crippen LogP contribution in [-0.2, 0) is 9.59 Å². The number of likely N-dealkylation sites (tertiary alicyclic amines) is 1. The van der Waals surface area contributed by atoms with Gasteiger partial charge in [-0.05, 0) is 25.9 Å². The van der Waals surface area contributed by atoms with Crippen molar-refractivity contribution >= 4 is 22.8 Å². The Morgan fingerprint density at radius 2 is 2.12 bits per heavy atom. The molecule has 2 rings (SSSR count). The molecule has 1 atom stereocenters. The van der Waals surface area contributed by atoms with Crippen molar-refractivity contribution in [2.24, 2.45) is 0 Å². The maximum atomic E-state index is 11.8. The van der Waals surface area contributed by atoms with Crippen molar-refractivity contribution in [1.82, 2.24) is 10.2 Å². The van der Waals surface area contributed by atoms with E-state index in [1.54, 1.807) is 6.92 Å². The molecule has 0 saturated carbocycles. The molecule has 1 unspecified atom stereocenters. The van der Waals surface area contributed by atoms with Gasteiger partial charge in [0, 0.05) is 31.2 Å². The average Bonchev–Trinajstić information content (AvgIpc) is 2.60. The van der Waals surface area contributed by atoms with Gasteiger partial charge in [-0.25, -0.2) is 0 Å². The fourth-order valence-electron chi connectivity index (χ4n) is 2.48. The number of hydrogen-bond acceptors (Lipinski definition) is 4. The van der Waals surface area contributed by atoms with E-state index in [0.717, 1.165) is 32.5 Å². The van der Waals surface area contributed by atoms with Crippen molar-refractivity contribution < 1.29 is 9.59 Å². The molecule has 2 fully saturated rings. The largest absolute Gasteiger partial charge is 0.338 e. The number of thioether (sulfide) groups is 1. The Labute approximate surface area is 100 Å². The third kappa shape index (κ3) is 2.77. The minimum atomic E-state index is 0.116. The monoisotopic (exact) mass is 242 g/mol. The van der Waals surface area contributed by atoms with Crippen molar-refractivity contribution in [2.75, 3.05) is 19.6 Å². The fourth-order valence-corrected chi connectivity index (χ4v) is 3.41. The molecule has 2 aliphatic rings.